The van der Waals surface area contributed by atoms with Gasteiger partial charge in [-0.3, -0.25) is 4.79 Å². The van der Waals surface area contributed by atoms with E-state index in [9.17, 15) is 9.18 Å². The summed E-state index contributed by atoms with van der Waals surface area (Å²) >= 11 is 6.08. The van der Waals surface area contributed by atoms with Crippen LogP contribution in [0.15, 0.2) is 29.3 Å². The van der Waals surface area contributed by atoms with Gasteiger partial charge in [0.25, 0.3) is 5.91 Å². The van der Waals surface area contributed by atoms with Gasteiger partial charge in [-0.15, -0.1) is 5.10 Å². The topological polar surface area (TPSA) is 59.8 Å². The molecule has 0 saturated carbocycles. The van der Waals surface area contributed by atoms with E-state index in [-0.39, 0.29) is 11.7 Å². The van der Waals surface area contributed by atoms with Gasteiger partial charge < -0.3 is 5.32 Å². The third-order valence-corrected chi connectivity index (χ3v) is 4.01. The SMILES string of the molecule is Cc1ccc(-n2cc(/C=C3\SC(=S)NC3=O)nn2)cc1F. The van der Waals surface area contributed by atoms with Gasteiger partial charge in [-0.2, -0.15) is 0 Å². The molecular weight excluding hydrogens is 311 g/mol. The Balaban J connectivity index is 1.90. The van der Waals surface area contributed by atoms with E-state index in [0.29, 0.717) is 26.2 Å². The van der Waals surface area contributed by atoms with Crippen molar-refractivity contribution in [1.29, 1.82) is 0 Å². The van der Waals surface area contributed by atoms with Gasteiger partial charge in [0.05, 0.1) is 16.8 Å². The van der Waals surface area contributed by atoms with Crippen molar-refractivity contribution in [2.24, 2.45) is 0 Å². The van der Waals surface area contributed by atoms with E-state index >= 15 is 0 Å². The maximum absolute atomic E-state index is 13.5. The third-order valence-electron chi connectivity index (χ3n) is 2.85. The lowest BCUT2D eigenvalue weighted by Crippen LogP contribution is -2.17. The van der Waals surface area contributed by atoms with Crippen LogP contribution in [0.1, 0.15) is 11.3 Å². The molecule has 0 radical (unpaired) electrons. The zero-order valence-corrected chi connectivity index (χ0v) is 12.5. The summed E-state index contributed by atoms with van der Waals surface area (Å²) in [6, 6.07) is 4.80. The molecule has 106 valence electrons. The van der Waals surface area contributed by atoms with Gasteiger partial charge in [0.2, 0.25) is 0 Å². The number of hydrogen-bond donors (Lipinski definition) is 1. The van der Waals surface area contributed by atoms with Gasteiger partial charge in [0.1, 0.15) is 15.8 Å². The fraction of sp³-hybridized carbons (Fsp3) is 0.0769. The Bertz CT molecular complexity index is 784. The number of halogens is 1. The highest BCUT2D eigenvalue weighted by atomic mass is 32.2. The van der Waals surface area contributed by atoms with Gasteiger partial charge in [-0.1, -0.05) is 35.3 Å². The van der Waals surface area contributed by atoms with E-state index in [1.165, 1.54) is 22.5 Å². The Morgan fingerprint density at radius 2 is 2.29 bits per heavy atom. The largest absolute Gasteiger partial charge is 0.307 e. The van der Waals surface area contributed by atoms with Crippen molar-refractivity contribution in [3.8, 4) is 5.69 Å². The van der Waals surface area contributed by atoms with Crippen molar-refractivity contribution in [3.63, 3.8) is 0 Å². The highest BCUT2D eigenvalue weighted by Gasteiger charge is 2.22. The van der Waals surface area contributed by atoms with E-state index in [4.69, 9.17) is 12.2 Å². The van der Waals surface area contributed by atoms with Gasteiger partial charge in [-0.05, 0) is 30.7 Å². The first-order valence-corrected chi connectivity index (χ1v) is 7.19. The van der Waals surface area contributed by atoms with Crippen LogP contribution in [-0.2, 0) is 4.79 Å². The summed E-state index contributed by atoms with van der Waals surface area (Å²) in [4.78, 5) is 12.0. The molecule has 21 heavy (non-hydrogen) atoms. The van der Waals surface area contributed by atoms with E-state index in [0.717, 1.165) is 0 Å². The van der Waals surface area contributed by atoms with E-state index in [1.54, 1.807) is 31.3 Å². The van der Waals surface area contributed by atoms with Crippen LogP contribution in [0.2, 0.25) is 0 Å². The van der Waals surface area contributed by atoms with Gasteiger partial charge >= 0.3 is 0 Å². The number of thiocarbonyl (C=S) groups is 1. The van der Waals surface area contributed by atoms with Gasteiger partial charge in [-0.25, -0.2) is 9.07 Å². The quantitative estimate of drug-likeness (QED) is 0.679. The summed E-state index contributed by atoms with van der Waals surface area (Å²) in [5.74, 6) is -0.556. The number of nitrogens with one attached hydrogen (secondary N) is 1. The fourth-order valence-corrected chi connectivity index (χ4v) is 2.78. The van der Waals surface area contributed by atoms with Crippen LogP contribution in [0.3, 0.4) is 0 Å². The molecule has 0 atom stereocenters. The van der Waals surface area contributed by atoms with Crippen LogP contribution in [0.4, 0.5) is 4.39 Å². The van der Waals surface area contributed by atoms with Crippen molar-refractivity contribution in [1.82, 2.24) is 20.3 Å². The molecule has 1 aliphatic rings. The van der Waals surface area contributed by atoms with Crippen LogP contribution in [0.25, 0.3) is 11.8 Å². The number of thioether (sulfide) groups is 1. The lowest BCUT2D eigenvalue weighted by molar-refractivity contribution is -0.115. The van der Waals surface area contributed by atoms with Crippen molar-refractivity contribution in [2.45, 2.75) is 6.92 Å². The minimum Gasteiger partial charge on any atom is -0.307 e. The molecule has 1 aromatic carbocycles. The van der Waals surface area contributed by atoms with Crippen LogP contribution in [-0.4, -0.2) is 25.2 Å². The standard InChI is InChI=1S/C13H9FN4OS2/c1-7-2-3-9(5-10(7)14)18-6-8(16-17-18)4-11-12(19)15-13(20)21-11/h2-6H,1H3,(H,15,19,20)/b11-4-. The van der Waals surface area contributed by atoms with Crippen molar-refractivity contribution >= 4 is 40.3 Å². The maximum atomic E-state index is 13.5. The lowest BCUT2D eigenvalue weighted by atomic mass is 10.2. The van der Waals surface area contributed by atoms with Crippen LogP contribution in [0, 0.1) is 12.7 Å². The van der Waals surface area contributed by atoms with Crippen molar-refractivity contribution < 1.29 is 9.18 Å². The van der Waals surface area contributed by atoms with Crippen LogP contribution < -0.4 is 5.32 Å². The lowest BCUT2D eigenvalue weighted by Gasteiger charge is -2.01. The molecule has 1 aromatic heterocycles. The molecule has 1 amide bonds. The molecule has 8 heteroatoms. The number of hydrogen-bond acceptors (Lipinski definition) is 5. The first-order valence-electron chi connectivity index (χ1n) is 5.96. The summed E-state index contributed by atoms with van der Waals surface area (Å²) in [5.41, 5.74) is 1.63. The summed E-state index contributed by atoms with van der Waals surface area (Å²) in [5, 5.41) is 10.4. The Hall–Kier alpha value is -2.06. The molecule has 1 saturated heterocycles. The maximum Gasteiger partial charge on any atom is 0.263 e. The minimum atomic E-state index is -0.307. The zero-order valence-electron chi connectivity index (χ0n) is 10.8. The summed E-state index contributed by atoms with van der Waals surface area (Å²) in [6.45, 7) is 1.69. The smallest absolute Gasteiger partial charge is 0.263 e. The first kappa shape index (κ1) is 13.9. The molecule has 1 fully saturated rings. The molecule has 2 heterocycles. The monoisotopic (exact) mass is 320 g/mol. The van der Waals surface area contributed by atoms with Crippen molar-refractivity contribution in [2.75, 3.05) is 0 Å². The van der Waals surface area contributed by atoms with E-state index in [1.807, 2.05) is 0 Å². The van der Waals surface area contributed by atoms with E-state index < -0.39 is 0 Å². The average Bonchev–Trinajstić information content (AvgIpc) is 3.01. The number of benzene rings is 1. The second-order valence-corrected chi connectivity index (χ2v) is 6.09. The second-order valence-electron chi connectivity index (χ2n) is 4.37. The van der Waals surface area contributed by atoms with Crippen LogP contribution >= 0.6 is 24.0 Å². The number of nitrogens with zero attached hydrogens (tertiary/aromatic N) is 3. The molecule has 5 nitrogen and oxygen atoms in total. The molecule has 1 aliphatic heterocycles. The first-order chi connectivity index (χ1) is 10.0. The predicted octanol–water partition coefficient (Wildman–Crippen LogP) is 2.20. The Labute approximate surface area is 129 Å². The summed E-state index contributed by atoms with van der Waals surface area (Å²) in [7, 11) is 0. The van der Waals surface area contributed by atoms with E-state index in [2.05, 4.69) is 15.6 Å². The van der Waals surface area contributed by atoms with Crippen molar-refractivity contribution in [3.05, 3.63) is 46.4 Å². The highest BCUT2D eigenvalue weighted by molar-refractivity contribution is 8.26. The number of aromatic nitrogens is 3. The molecule has 1 N–H and O–H groups in total. The Morgan fingerprint density at radius 3 is 2.95 bits per heavy atom. The molecule has 0 bridgehead atoms. The predicted molar refractivity (Wildman–Crippen MR) is 82.4 cm³/mol. The molecule has 0 unspecified atom stereocenters. The molecular formula is C13H9FN4OS2. The molecule has 2 aromatic rings. The number of amides is 1. The van der Waals surface area contributed by atoms with Gasteiger partial charge in [0, 0.05) is 0 Å². The summed E-state index contributed by atoms with van der Waals surface area (Å²) in [6.07, 6.45) is 3.21. The fourth-order valence-electron chi connectivity index (χ4n) is 1.75. The number of rotatable bonds is 2. The third kappa shape index (κ3) is 2.86. The Morgan fingerprint density at radius 1 is 1.48 bits per heavy atom. The molecule has 0 spiro atoms. The van der Waals surface area contributed by atoms with Crippen LogP contribution in [0.5, 0.6) is 0 Å². The Kier molecular flexibility index (Phi) is 3.56. The second kappa shape index (κ2) is 5.38. The zero-order chi connectivity index (χ0) is 15.0. The normalized spacial score (nSPS) is 16.6. The number of carbonyl (C=O) groups is 1. The average molecular weight is 320 g/mol. The minimum absolute atomic E-state index is 0.249. The highest BCUT2D eigenvalue weighted by Crippen LogP contribution is 2.25. The van der Waals surface area contributed by atoms with Gasteiger partial charge in [0.15, 0.2) is 0 Å². The summed E-state index contributed by atoms with van der Waals surface area (Å²) < 4.78 is 15.4. The molecule has 0 aliphatic carbocycles. The number of carbonyl (C=O) groups excluding carboxylic acids is 1. The number of aryl methyl sites for hydroxylation is 1. The molecule has 3 rings (SSSR count).